The zero-order valence-corrected chi connectivity index (χ0v) is 33.0. The summed E-state index contributed by atoms with van der Waals surface area (Å²) in [5, 5.41) is 9.45. The van der Waals surface area contributed by atoms with Crippen LogP contribution in [-0.2, 0) is 0 Å². The van der Waals surface area contributed by atoms with Crippen LogP contribution in [0, 0.1) is 0 Å². The molecule has 0 spiro atoms. The number of hydrogen-bond donors (Lipinski definition) is 0. The Labute approximate surface area is 350 Å². The first kappa shape index (κ1) is 35.2. The average Bonchev–Trinajstić information content (AvgIpc) is 3.33. The van der Waals surface area contributed by atoms with Gasteiger partial charge in [-0.05, 0) is 104 Å². The predicted molar refractivity (Wildman–Crippen MR) is 257 cm³/mol. The topological polar surface area (TPSA) is 6.48 Å². The number of anilines is 6. The van der Waals surface area contributed by atoms with E-state index in [0.717, 1.165) is 55.7 Å². The van der Waals surface area contributed by atoms with E-state index < -0.39 is 0 Å². The van der Waals surface area contributed by atoms with Gasteiger partial charge < -0.3 is 9.80 Å². The summed E-state index contributed by atoms with van der Waals surface area (Å²) in [4.78, 5) is 4.95. The van der Waals surface area contributed by atoms with Gasteiger partial charge in [0, 0.05) is 44.3 Å². The molecule has 0 aliphatic carbocycles. The highest BCUT2D eigenvalue weighted by molar-refractivity contribution is 6.24. The Kier molecular flexibility index (Phi) is 8.87. The van der Waals surface area contributed by atoms with Crippen molar-refractivity contribution in [1.82, 2.24) is 0 Å². The Bertz CT molecular complexity index is 3080. The second-order valence-electron chi connectivity index (χ2n) is 15.4. The van der Waals surface area contributed by atoms with Gasteiger partial charge in [-0.2, -0.15) is 0 Å². The summed E-state index contributed by atoms with van der Waals surface area (Å²) in [6.07, 6.45) is 0. The van der Waals surface area contributed by atoms with Gasteiger partial charge in [-0.25, -0.2) is 0 Å². The maximum atomic E-state index is 2.47. The van der Waals surface area contributed by atoms with Crippen LogP contribution in [0.25, 0.3) is 65.3 Å². The van der Waals surface area contributed by atoms with Gasteiger partial charge in [0.1, 0.15) is 0 Å². The molecule has 0 saturated heterocycles. The lowest BCUT2D eigenvalue weighted by Crippen LogP contribution is -2.14. The van der Waals surface area contributed by atoms with Crippen molar-refractivity contribution in [3.05, 3.63) is 243 Å². The number of benzene rings is 11. The van der Waals surface area contributed by atoms with Crippen LogP contribution in [0.4, 0.5) is 34.1 Å². The lowest BCUT2D eigenvalue weighted by molar-refractivity contribution is 1.30. The Balaban J connectivity index is 1.31. The van der Waals surface area contributed by atoms with Crippen LogP contribution in [0.3, 0.4) is 0 Å². The molecule has 0 aromatic heterocycles. The molecular formula is C58H40N2. The van der Waals surface area contributed by atoms with Gasteiger partial charge in [0.15, 0.2) is 0 Å². The Hall–Kier alpha value is -7.94. The monoisotopic (exact) mass is 764 g/mol. The van der Waals surface area contributed by atoms with E-state index in [1.54, 1.807) is 0 Å². The Morgan fingerprint density at radius 2 is 0.550 bits per heavy atom. The van der Waals surface area contributed by atoms with Gasteiger partial charge in [-0.1, -0.05) is 182 Å². The van der Waals surface area contributed by atoms with Crippen LogP contribution < -0.4 is 9.80 Å². The molecule has 0 unspecified atom stereocenters. The molecule has 0 saturated carbocycles. The van der Waals surface area contributed by atoms with E-state index in [4.69, 9.17) is 0 Å². The molecule has 2 heteroatoms. The standard InChI is InChI=1S/C58H40N2/c1-5-17-41(18-6-1)47-31-35-53-55(39-47)57(59(49-25-9-3-10-26-49)51-33-29-43-21-13-15-23-45(43)37-51)54-36-32-48(42-19-7-2-8-20-42)40-56(54)58(53)60(50-27-11-4-12-28-50)52-34-30-44-22-14-16-24-46(44)38-52/h1-40H. The van der Waals surface area contributed by atoms with E-state index in [9.17, 15) is 0 Å². The van der Waals surface area contributed by atoms with Gasteiger partial charge >= 0.3 is 0 Å². The number of nitrogens with zero attached hydrogens (tertiary/aromatic N) is 2. The molecule has 0 bridgehead atoms. The largest absolute Gasteiger partial charge is 0.309 e. The van der Waals surface area contributed by atoms with Crippen molar-refractivity contribution >= 4 is 77.2 Å². The number of fused-ring (bicyclic) bond motifs is 4. The third kappa shape index (κ3) is 6.32. The van der Waals surface area contributed by atoms with Crippen molar-refractivity contribution < 1.29 is 0 Å². The highest BCUT2D eigenvalue weighted by Gasteiger charge is 2.26. The average molecular weight is 765 g/mol. The van der Waals surface area contributed by atoms with Crippen molar-refractivity contribution in [3.8, 4) is 22.3 Å². The van der Waals surface area contributed by atoms with E-state index >= 15 is 0 Å². The van der Waals surface area contributed by atoms with Crippen LogP contribution in [0.5, 0.6) is 0 Å². The fraction of sp³-hybridized carbons (Fsp3) is 0. The zero-order chi connectivity index (χ0) is 39.8. The fourth-order valence-electron chi connectivity index (χ4n) is 8.89. The highest BCUT2D eigenvalue weighted by atomic mass is 15.2. The molecule has 2 nitrogen and oxygen atoms in total. The first-order chi connectivity index (χ1) is 29.8. The SMILES string of the molecule is c1ccc(-c2ccc3c(N(c4ccccc4)c4ccc5ccccc5c4)c4cc(-c5ccccc5)ccc4c(N(c4ccccc4)c4ccc5ccccc5c4)c3c2)cc1. The quantitative estimate of drug-likeness (QED) is 0.112. The smallest absolute Gasteiger partial charge is 0.0620 e. The van der Waals surface area contributed by atoms with Crippen LogP contribution in [0.15, 0.2) is 243 Å². The second-order valence-corrected chi connectivity index (χ2v) is 15.4. The van der Waals surface area contributed by atoms with Crippen LogP contribution in [0.1, 0.15) is 0 Å². The summed E-state index contributed by atoms with van der Waals surface area (Å²) >= 11 is 0. The minimum atomic E-state index is 1.09. The minimum absolute atomic E-state index is 1.09. The normalized spacial score (nSPS) is 11.3. The van der Waals surface area contributed by atoms with Crippen molar-refractivity contribution in [2.45, 2.75) is 0 Å². The molecule has 0 amide bonds. The van der Waals surface area contributed by atoms with Crippen molar-refractivity contribution in [2.75, 3.05) is 9.80 Å². The summed E-state index contributed by atoms with van der Waals surface area (Å²) in [5.74, 6) is 0. The lowest BCUT2D eigenvalue weighted by Gasteiger charge is -2.33. The Morgan fingerprint density at radius 3 is 0.950 bits per heavy atom. The van der Waals surface area contributed by atoms with Gasteiger partial charge in [0.05, 0.1) is 11.4 Å². The lowest BCUT2D eigenvalue weighted by atomic mass is 9.91. The maximum absolute atomic E-state index is 2.47. The van der Waals surface area contributed by atoms with E-state index in [1.807, 2.05) is 0 Å². The number of para-hydroxylation sites is 2. The third-order valence-corrected chi connectivity index (χ3v) is 11.7. The molecule has 282 valence electrons. The molecule has 0 aliphatic rings. The molecule has 0 atom stereocenters. The van der Waals surface area contributed by atoms with Crippen molar-refractivity contribution in [2.24, 2.45) is 0 Å². The minimum Gasteiger partial charge on any atom is -0.309 e. The molecular weight excluding hydrogens is 725 g/mol. The molecule has 0 heterocycles. The van der Waals surface area contributed by atoms with Crippen LogP contribution in [-0.4, -0.2) is 0 Å². The van der Waals surface area contributed by atoms with Crippen molar-refractivity contribution in [1.29, 1.82) is 0 Å². The summed E-state index contributed by atoms with van der Waals surface area (Å²) in [7, 11) is 0. The van der Waals surface area contributed by atoms with Crippen molar-refractivity contribution in [3.63, 3.8) is 0 Å². The molecule has 0 N–H and O–H groups in total. The summed E-state index contributed by atoms with van der Waals surface area (Å²) in [6, 6.07) is 88.3. The number of rotatable bonds is 8. The summed E-state index contributed by atoms with van der Waals surface area (Å²) in [6.45, 7) is 0. The van der Waals surface area contributed by atoms with E-state index in [1.165, 1.54) is 43.8 Å². The first-order valence-electron chi connectivity index (χ1n) is 20.6. The molecule has 0 radical (unpaired) electrons. The maximum Gasteiger partial charge on any atom is 0.0620 e. The molecule has 0 aliphatic heterocycles. The second kappa shape index (κ2) is 15.1. The van der Waals surface area contributed by atoms with Crippen LogP contribution >= 0.6 is 0 Å². The van der Waals surface area contributed by atoms with E-state index in [2.05, 4.69) is 252 Å². The molecule has 11 rings (SSSR count). The molecule has 11 aromatic carbocycles. The van der Waals surface area contributed by atoms with E-state index in [0.29, 0.717) is 0 Å². The van der Waals surface area contributed by atoms with E-state index in [-0.39, 0.29) is 0 Å². The number of hydrogen-bond acceptors (Lipinski definition) is 2. The summed E-state index contributed by atoms with van der Waals surface area (Å²) < 4.78 is 0. The zero-order valence-electron chi connectivity index (χ0n) is 33.0. The third-order valence-electron chi connectivity index (χ3n) is 11.7. The molecule has 60 heavy (non-hydrogen) atoms. The van der Waals surface area contributed by atoms with Gasteiger partial charge in [0.25, 0.3) is 0 Å². The molecule has 11 aromatic rings. The highest BCUT2D eigenvalue weighted by Crippen LogP contribution is 2.52. The predicted octanol–water partition coefficient (Wildman–Crippen LogP) is 16.6. The fourth-order valence-corrected chi connectivity index (χ4v) is 8.89. The van der Waals surface area contributed by atoms with Gasteiger partial charge in [-0.3, -0.25) is 0 Å². The van der Waals surface area contributed by atoms with Gasteiger partial charge in [-0.15, -0.1) is 0 Å². The van der Waals surface area contributed by atoms with Crippen LogP contribution in [0.2, 0.25) is 0 Å². The Morgan fingerprint density at radius 1 is 0.200 bits per heavy atom. The molecule has 0 fully saturated rings. The first-order valence-corrected chi connectivity index (χ1v) is 20.6. The van der Waals surface area contributed by atoms with Gasteiger partial charge in [0.2, 0.25) is 0 Å². The summed E-state index contributed by atoms with van der Waals surface area (Å²) in [5.41, 5.74) is 11.3.